The predicted octanol–water partition coefficient (Wildman–Crippen LogP) is 1.67. The number of rotatable bonds is 10. The molecule has 0 radical (unpaired) electrons. The third-order valence-corrected chi connectivity index (χ3v) is 5.59. The monoisotopic (exact) mass is 409 g/mol. The molecule has 9 heteroatoms. The molecular weight excluding hydrogens is 382 g/mol. The van der Waals surface area contributed by atoms with Crippen molar-refractivity contribution in [3.05, 3.63) is 29.8 Å². The van der Waals surface area contributed by atoms with Crippen LogP contribution in [-0.4, -0.2) is 45.0 Å². The summed E-state index contributed by atoms with van der Waals surface area (Å²) in [5, 5.41) is 2.75. The van der Waals surface area contributed by atoms with Crippen LogP contribution in [0.1, 0.15) is 25.3 Å². The lowest BCUT2D eigenvalue weighted by molar-refractivity contribution is -0.122. The average molecular weight is 410 g/mol. The van der Waals surface area contributed by atoms with Crippen molar-refractivity contribution < 1.29 is 13.2 Å². The van der Waals surface area contributed by atoms with E-state index in [1.165, 1.54) is 12.1 Å². The number of sulfonamides is 1. The molecule has 0 heterocycles. The molecule has 2 atom stereocenters. The largest absolute Gasteiger partial charge is 0.355 e. The molecular formula is C16H28ClN3O3S2. The van der Waals surface area contributed by atoms with E-state index in [0.717, 1.165) is 5.56 Å². The maximum atomic E-state index is 12.5. The lowest BCUT2D eigenvalue weighted by atomic mass is 10.2. The molecule has 4 N–H and O–H groups in total. The summed E-state index contributed by atoms with van der Waals surface area (Å²) >= 11 is 1.57. The highest BCUT2D eigenvalue weighted by Gasteiger charge is 2.25. The molecule has 144 valence electrons. The molecule has 0 aliphatic heterocycles. The number of carbonyl (C=O) groups is 1. The van der Waals surface area contributed by atoms with Gasteiger partial charge in [0.1, 0.15) is 6.04 Å². The van der Waals surface area contributed by atoms with Crippen molar-refractivity contribution in [3.8, 4) is 0 Å². The number of halogens is 1. The Morgan fingerprint density at radius 1 is 1.24 bits per heavy atom. The van der Waals surface area contributed by atoms with Crippen LogP contribution >= 0.6 is 24.2 Å². The molecule has 0 bridgehead atoms. The molecule has 6 nitrogen and oxygen atoms in total. The fraction of sp³-hybridized carbons (Fsp3) is 0.562. The second kappa shape index (κ2) is 11.7. The lowest BCUT2D eigenvalue weighted by Crippen LogP contribution is -2.47. The molecule has 25 heavy (non-hydrogen) atoms. The fourth-order valence-electron chi connectivity index (χ4n) is 2.00. The zero-order valence-corrected chi connectivity index (χ0v) is 17.3. The van der Waals surface area contributed by atoms with Crippen molar-refractivity contribution in [3.63, 3.8) is 0 Å². The molecule has 0 aliphatic carbocycles. The van der Waals surface area contributed by atoms with Gasteiger partial charge in [-0.25, -0.2) is 8.42 Å². The number of amides is 1. The smallest absolute Gasteiger partial charge is 0.241 e. The molecule has 0 aliphatic rings. The van der Waals surface area contributed by atoms with Gasteiger partial charge in [-0.2, -0.15) is 16.5 Å². The van der Waals surface area contributed by atoms with Crippen LogP contribution in [0.15, 0.2) is 29.2 Å². The summed E-state index contributed by atoms with van der Waals surface area (Å²) in [5.74, 6) is 0.363. The van der Waals surface area contributed by atoms with Crippen molar-refractivity contribution in [2.75, 3.05) is 18.6 Å². The van der Waals surface area contributed by atoms with Crippen molar-refractivity contribution in [1.82, 2.24) is 10.0 Å². The molecule has 1 aromatic rings. The third-order valence-electron chi connectivity index (χ3n) is 3.45. The van der Waals surface area contributed by atoms with Crippen LogP contribution in [0.5, 0.6) is 0 Å². The Hall–Kier alpha value is -0.800. The quantitative estimate of drug-likeness (QED) is 0.545. The average Bonchev–Trinajstić information content (AvgIpc) is 2.51. The van der Waals surface area contributed by atoms with Gasteiger partial charge in [-0.1, -0.05) is 17.7 Å². The predicted molar refractivity (Wildman–Crippen MR) is 107 cm³/mol. The number of aryl methyl sites for hydroxylation is 1. The van der Waals surface area contributed by atoms with Gasteiger partial charge in [0, 0.05) is 12.6 Å². The number of benzene rings is 1. The molecule has 0 aromatic heterocycles. The van der Waals surface area contributed by atoms with E-state index in [2.05, 4.69) is 10.0 Å². The van der Waals surface area contributed by atoms with Crippen LogP contribution in [0.4, 0.5) is 0 Å². The van der Waals surface area contributed by atoms with Crippen molar-refractivity contribution >= 4 is 40.1 Å². The van der Waals surface area contributed by atoms with Crippen molar-refractivity contribution in [1.29, 1.82) is 0 Å². The molecule has 0 saturated carbocycles. The van der Waals surface area contributed by atoms with E-state index in [1.807, 2.05) is 20.1 Å². The molecule has 0 fully saturated rings. The highest BCUT2D eigenvalue weighted by Crippen LogP contribution is 2.12. The minimum absolute atomic E-state index is 0. The molecule has 2 unspecified atom stereocenters. The zero-order valence-electron chi connectivity index (χ0n) is 14.8. The van der Waals surface area contributed by atoms with E-state index >= 15 is 0 Å². The van der Waals surface area contributed by atoms with Gasteiger partial charge in [-0.05, 0) is 50.8 Å². The summed E-state index contributed by atoms with van der Waals surface area (Å²) in [7, 11) is -3.74. The van der Waals surface area contributed by atoms with Crippen LogP contribution in [0, 0.1) is 6.92 Å². The Morgan fingerprint density at radius 2 is 1.84 bits per heavy atom. The molecule has 1 aromatic carbocycles. The summed E-state index contributed by atoms with van der Waals surface area (Å²) in [4.78, 5) is 12.5. The maximum absolute atomic E-state index is 12.5. The van der Waals surface area contributed by atoms with Crippen LogP contribution < -0.4 is 15.8 Å². The Morgan fingerprint density at radius 3 is 2.36 bits per heavy atom. The number of nitrogens with two attached hydrogens (primary N) is 1. The number of hydrogen-bond donors (Lipinski definition) is 3. The van der Waals surface area contributed by atoms with E-state index in [0.29, 0.717) is 25.1 Å². The number of carbonyl (C=O) groups excluding carboxylic acids is 1. The summed E-state index contributed by atoms with van der Waals surface area (Å²) in [6.07, 6.45) is 2.99. The lowest BCUT2D eigenvalue weighted by Gasteiger charge is -2.18. The maximum Gasteiger partial charge on any atom is 0.241 e. The Kier molecular flexibility index (Phi) is 11.4. The standard InChI is InChI=1S/C16H27N3O3S2.ClH/c1-12-4-6-14(7-5-12)24(21,22)19-15(9-11-23-3)16(20)18-10-8-13(2)17;/h4-7,13,15,19H,8-11,17H2,1-3H3,(H,18,20);1H. The van der Waals surface area contributed by atoms with Crippen LogP contribution in [0.25, 0.3) is 0 Å². The van der Waals surface area contributed by atoms with E-state index in [-0.39, 0.29) is 29.3 Å². The third kappa shape index (κ3) is 8.91. The molecule has 1 amide bonds. The van der Waals surface area contributed by atoms with E-state index in [4.69, 9.17) is 5.73 Å². The number of nitrogens with one attached hydrogen (secondary N) is 2. The Labute approximate surface area is 161 Å². The SMILES string of the molecule is CSCCC(NS(=O)(=O)c1ccc(C)cc1)C(=O)NCCC(C)N.Cl. The molecule has 1 rings (SSSR count). The summed E-state index contributed by atoms with van der Waals surface area (Å²) in [6.45, 7) is 4.17. The number of hydrogen-bond acceptors (Lipinski definition) is 5. The summed E-state index contributed by atoms with van der Waals surface area (Å²) < 4.78 is 27.5. The van der Waals surface area contributed by atoms with Crippen LogP contribution in [0.2, 0.25) is 0 Å². The van der Waals surface area contributed by atoms with Crippen LogP contribution in [-0.2, 0) is 14.8 Å². The summed E-state index contributed by atoms with van der Waals surface area (Å²) in [5.41, 5.74) is 6.63. The van der Waals surface area contributed by atoms with Gasteiger partial charge in [0.15, 0.2) is 0 Å². The highest BCUT2D eigenvalue weighted by atomic mass is 35.5. The second-order valence-electron chi connectivity index (χ2n) is 5.83. The minimum atomic E-state index is -3.74. The van der Waals surface area contributed by atoms with Gasteiger partial charge in [0.25, 0.3) is 0 Å². The first-order valence-electron chi connectivity index (χ1n) is 7.87. The van der Waals surface area contributed by atoms with Gasteiger partial charge in [-0.3, -0.25) is 4.79 Å². The van der Waals surface area contributed by atoms with E-state index < -0.39 is 16.1 Å². The first kappa shape index (κ1) is 24.2. The molecule has 0 spiro atoms. The second-order valence-corrected chi connectivity index (χ2v) is 8.52. The Bertz CT molecular complexity index is 622. The van der Waals surface area contributed by atoms with E-state index in [1.54, 1.807) is 23.9 Å². The van der Waals surface area contributed by atoms with Gasteiger partial charge < -0.3 is 11.1 Å². The normalized spacial score (nSPS) is 13.6. The topological polar surface area (TPSA) is 101 Å². The fourth-order valence-corrected chi connectivity index (χ4v) is 3.70. The number of thioether (sulfide) groups is 1. The van der Waals surface area contributed by atoms with Crippen molar-refractivity contribution in [2.45, 2.75) is 43.7 Å². The summed E-state index contributed by atoms with van der Waals surface area (Å²) in [6, 6.07) is 5.73. The van der Waals surface area contributed by atoms with Gasteiger partial charge in [0.2, 0.25) is 15.9 Å². The van der Waals surface area contributed by atoms with E-state index in [9.17, 15) is 13.2 Å². The Balaban J connectivity index is 0.00000576. The first-order chi connectivity index (χ1) is 11.3. The van der Waals surface area contributed by atoms with Crippen LogP contribution in [0.3, 0.4) is 0 Å². The zero-order chi connectivity index (χ0) is 18.2. The van der Waals surface area contributed by atoms with Gasteiger partial charge in [0.05, 0.1) is 4.90 Å². The molecule has 0 saturated heterocycles. The first-order valence-corrected chi connectivity index (χ1v) is 10.7. The highest BCUT2D eigenvalue weighted by molar-refractivity contribution is 7.98. The van der Waals surface area contributed by atoms with Crippen molar-refractivity contribution in [2.24, 2.45) is 5.73 Å². The van der Waals surface area contributed by atoms with Gasteiger partial charge >= 0.3 is 0 Å². The minimum Gasteiger partial charge on any atom is -0.355 e. The van der Waals surface area contributed by atoms with Gasteiger partial charge in [-0.15, -0.1) is 12.4 Å².